The first-order valence-electron chi connectivity index (χ1n) is 6.02. The van der Waals surface area contributed by atoms with Gasteiger partial charge in [-0.2, -0.15) is 0 Å². The van der Waals surface area contributed by atoms with Crippen molar-refractivity contribution in [1.29, 1.82) is 0 Å². The van der Waals surface area contributed by atoms with Gasteiger partial charge in [0.1, 0.15) is 0 Å². The molecule has 4 nitrogen and oxygen atoms in total. The van der Waals surface area contributed by atoms with Gasteiger partial charge in [-0.1, -0.05) is 12.8 Å². The molecule has 1 saturated heterocycles. The molecule has 4 heteroatoms. The third kappa shape index (κ3) is 3.41. The van der Waals surface area contributed by atoms with Crippen molar-refractivity contribution in [3.8, 4) is 0 Å². The van der Waals surface area contributed by atoms with Gasteiger partial charge in [0.25, 0.3) is 0 Å². The van der Waals surface area contributed by atoms with Crippen molar-refractivity contribution in [2.24, 2.45) is 11.7 Å². The van der Waals surface area contributed by atoms with Crippen molar-refractivity contribution in [2.75, 3.05) is 32.8 Å². The molecule has 0 bridgehead atoms. The Kier molecular flexibility index (Phi) is 3.61. The van der Waals surface area contributed by atoms with E-state index >= 15 is 0 Å². The predicted molar refractivity (Wildman–Crippen MR) is 60.3 cm³/mol. The van der Waals surface area contributed by atoms with Crippen molar-refractivity contribution in [1.82, 2.24) is 10.4 Å². The molecule has 88 valence electrons. The Balaban J connectivity index is 1.81. The zero-order valence-electron chi connectivity index (χ0n) is 9.67. The fourth-order valence-electron chi connectivity index (χ4n) is 2.19. The molecule has 1 unspecified atom stereocenters. The lowest BCUT2D eigenvalue weighted by Crippen LogP contribution is -2.59. The molecular weight excluding hydrogens is 190 g/mol. The summed E-state index contributed by atoms with van der Waals surface area (Å²) in [7, 11) is 0. The molecule has 1 saturated carbocycles. The third-order valence-corrected chi connectivity index (χ3v) is 3.33. The molecule has 0 aromatic rings. The first-order valence-corrected chi connectivity index (χ1v) is 6.02. The summed E-state index contributed by atoms with van der Waals surface area (Å²) in [6.07, 6.45) is 3.99. The van der Waals surface area contributed by atoms with Crippen LogP contribution in [0.1, 0.15) is 26.2 Å². The molecule has 0 radical (unpaired) electrons. The van der Waals surface area contributed by atoms with E-state index in [0.29, 0.717) is 6.54 Å². The van der Waals surface area contributed by atoms with Crippen LogP contribution in [0.3, 0.4) is 0 Å². The summed E-state index contributed by atoms with van der Waals surface area (Å²) in [6, 6.07) is 0. The van der Waals surface area contributed by atoms with Gasteiger partial charge in [-0.15, -0.1) is 0 Å². The molecule has 0 aromatic heterocycles. The maximum atomic E-state index is 5.88. The number of hydrogen-bond acceptors (Lipinski definition) is 4. The standard InChI is InChI=1S/C11H23N3O/c1-11(9-12,8-10-2-3-10)13-14-4-6-15-7-5-14/h10,13H,2-9,12H2,1H3. The Labute approximate surface area is 92.1 Å². The quantitative estimate of drug-likeness (QED) is 0.691. The van der Waals surface area contributed by atoms with Crippen molar-refractivity contribution in [2.45, 2.75) is 31.7 Å². The molecule has 15 heavy (non-hydrogen) atoms. The van der Waals surface area contributed by atoms with Crippen LogP contribution < -0.4 is 11.2 Å². The topological polar surface area (TPSA) is 50.5 Å². The van der Waals surface area contributed by atoms with Crippen LogP contribution >= 0.6 is 0 Å². The number of ether oxygens (including phenoxy) is 1. The number of hydrazine groups is 1. The minimum absolute atomic E-state index is 0.0819. The number of nitrogens with one attached hydrogen (secondary N) is 1. The lowest BCUT2D eigenvalue weighted by molar-refractivity contribution is -0.0110. The number of morpholine rings is 1. The van der Waals surface area contributed by atoms with E-state index in [4.69, 9.17) is 10.5 Å². The monoisotopic (exact) mass is 213 g/mol. The fourth-order valence-corrected chi connectivity index (χ4v) is 2.19. The number of nitrogens with zero attached hydrogens (tertiary/aromatic N) is 1. The molecule has 0 amide bonds. The Hall–Kier alpha value is -0.160. The lowest BCUT2D eigenvalue weighted by Gasteiger charge is -2.38. The van der Waals surface area contributed by atoms with Crippen molar-refractivity contribution in [3.63, 3.8) is 0 Å². The van der Waals surface area contributed by atoms with Crippen molar-refractivity contribution >= 4 is 0 Å². The first-order chi connectivity index (χ1) is 7.22. The summed E-state index contributed by atoms with van der Waals surface area (Å²) in [4.78, 5) is 0. The summed E-state index contributed by atoms with van der Waals surface area (Å²) < 4.78 is 5.33. The molecule has 2 fully saturated rings. The molecule has 1 aliphatic carbocycles. The maximum absolute atomic E-state index is 5.88. The van der Waals surface area contributed by atoms with E-state index in [-0.39, 0.29) is 5.54 Å². The summed E-state index contributed by atoms with van der Waals surface area (Å²) in [5, 5.41) is 2.26. The summed E-state index contributed by atoms with van der Waals surface area (Å²) in [6.45, 7) is 6.55. The summed E-state index contributed by atoms with van der Waals surface area (Å²) in [5.41, 5.74) is 9.54. The normalized spacial score (nSPS) is 27.6. The van der Waals surface area contributed by atoms with Crippen LogP contribution in [-0.2, 0) is 4.74 Å². The van der Waals surface area contributed by atoms with Gasteiger partial charge in [-0.05, 0) is 19.3 Å². The molecule has 0 spiro atoms. The Morgan fingerprint density at radius 2 is 2.07 bits per heavy atom. The lowest BCUT2D eigenvalue weighted by atomic mass is 9.96. The van der Waals surface area contributed by atoms with Gasteiger partial charge in [0, 0.05) is 25.2 Å². The van der Waals surface area contributed by atoms with Crippen LogP contribution in [0, 0.1) is 5.92 Å². The van der Waals surface area contributed by atoms with E-state index in [2.05, 4.69) is 17.4 Å². The third-order valence-electron chi connectivity index (χ3n) is 3.33. The Morgan fingerprint density at radius 3 is 2.60 bits per heavy atom. The minimum Gasteiger partial charge on any atom is -0.379 e. The molecular formula is C11H23N3O. The highest BCUT2D eigenvalue weighted by molar-refractivity contribution is 4.90. The highest BCUT2D eigenvalue weighted by Gasteiger charge is 2.33. The predicted octanol–water partition coefficient (Wildman–Crippen LogP) is 0.341. The molecule has 1 aliphatic heterocycles. The van der Waals surface area contributed by atoms with Crippen molar-refractivity contribution < 1.29 is 4.74 Å². The number of rotatable bonds is 5. The van der Waals surface area contributed by atoms with Gasteiger partial charge < -0.3 is 10.5 Å². The van der Waals surface area contributed by atoms with Crippen molar-refractivity contribution in [3.05, 3.63) is 0 Å². The van der Waals surface area contributed by atoms with E-state index in [0.717, 1.165) is 32.2 Å². The van der Waals surface area contributed by atoms with E-state index in [1.807, 2.05) is 0 Å². The zero-order chi connectivity index (χ0) is 10.7. The van der Waals surface area contributed by atoms with Crippen LogP contribution in [0.25, 0.3) is 0 Å². The Morgan fingerprint density at radius 1 is 1.40 bits per heavy atom. The van der Waals surface area contributed by atoms with E-state index in [1.165, 1.54) is 19.3 Å². The van der Waals surface area contributed by atoms with Crippen LogP contribution in [0.15, 0.2) is 0 Å². The van der Waals surface area contributed by atoms with Crippen LogP contribution in [0.5, 0.6) is 0 Å². The number of hydrogen-bond donors (Lipinski definition) is 2. The average molecular weight is 213 g/mol. The van der Waals surface area contributed by atoms with Gasteiger partial charge >= 0.3 is 0 Å². The van der Waals surface area contributed by atoms with E-state index in [1.54, 1.807) is 0 Å². The van der Waals surface area contributed by atoms with Crippen LogP contribution in [0.2, 0.25) is 0 Å². The summed E-state index contributed by atoms with van der Waals surface area (Å²) >= 11 is 0. The van der Waals surface area contributed by atoms with Gasteiger partial charge in [0.15, 0.2) is 0 Å². The largest absolute Gasteiger partial charge is 0.379 e. The maximum Gasteiger partial charge on any atom is 0.0608 e. The smallest absolute Gasteiger partial charge is 0.0608 e. The minimum atomic E-state index is 0.0819. The van der Waals surface area contributed by atoms with Gasteiger partial charge in [0.05, 0.1) is 13.2 Å². The van der Waals surface area contributed by atoms with Crippen LogP contribution in [-0.4, -0.2) is 43.4 Å². The second-order valence-electron chi connectivity index (χ2n) is 5.12. The SMILES string of the molecule is CC(CN)(CC1CC1)NN1CCOCC1. The molecule has 1 atom stereocenters. The first kappa shape index (κ1) is 11.3. The Bertz CT molecular complexity index is 202. The summed E-state index contributed by atoms with van der Waals surface area (Å²) in [5.74, 6) is 0.909. The highest BCUT2D eigenvalue weighted by Crippen LogP contribution is 2.36. The molecule has 0 aromatic carbocycles. The molecule has 1 heterocycles. The molecule has 3 N–H and O–H groups in total. The van der Waals surface area contributed by atoms with Gasteiger partial charge in [-0.25, -0.2) is 10.4 Å². The van der Waals surface area contributed by atoms with E-state index < -0.39 is 0 Å². The second-order valence-corrected chi connectivity index (χ2v) is 5.12. The fraction of sp³-hybridized carbons (Fsp3) is 1.00. The highest BCUT2D eigenvalue weighted by atomic mass is 16.5. The van der Waals surface area contributed by atoms with Gasteiger partial charge in [0.2, 0.25) is 0 Å². The average Bonchev–Trinajstić information content (AvgIpc) is 3.03. The second kappa shape index (κ2) is 4.78. The number of nitrogens with two attached hydrogens (primary N) is 1. The molecule has 2 rings (SSSR count). The van der Waals surface area contributed by atoms with Crippen LogP contribution in [0.4, 0.5) is 0 Å². The zero-order valence-corrected chi connectivity index (χ0v) is 9.67. The van der Waals surface area contributed by atoms with Gasteiger partial charge in [-0.3, -0.25) is 0 Å². The van der Waals surface area contributed by atoms with E-state index in [9.17, 15) is 0 Å². The molecule has 2 aliphatic rings.